The lowest BCUT2D eigenvalue weighted by Crippen LogP contribution is -2.39. The molecule has 1 aromatic rings. The first-order valence-corrected chi connectivity index (χ1v) is 6.60. The lowest BCUT2D eigenvalue weighted by Gasteiger charge is -2.10. The Morgan fingerprint density at radius 3 is 3.06 bits per heavy atom. The van der Waals surface area contributed by atoms with Crippen molar-refractivity contribution in [1.82, 2.24) is 10.6 Å². The third-order valence-corrected chi connectivity index (χ3v) is 3.97. The van der Waals surface area contributed by atoms with Crippen LogP contribution in [0, 0.1) is 6.92 Å². The molecule has 2 rings (SSSR count). The van der Waals surface area contributed by atoms with Crippen molar-refractivity contribution in [2.75, 3.05) is 13.7 Å². The molecular weight excluding hydrogens is 236 g/mol. The molecule has 5 heteroatoms. The molecule has 17 heavy (non-hydrogen) atoms. The van der Waals surface area contributed by atoms with Gasteiger partial charge in [-0.1, -0.05) is 0 Å². The van der Waals surface area contributed by atoms with Crippen molar-refractivity contribution < 1.29 is 9.53 Å². The van der Waals surface area contributed by atoms with Crippen molar-refractivity contribution in [1.29, 1.82) is 0 Å². The molecule has 1 amide bonds. The summed E-state index contributed by atoms with van der Waals surface area (Å²) in [6.45, 7) is 3.44. The predicted octanol–water partition coefficient (Wildman–Crippen LogP) is 1.05. The van der Waals surface area contributed by atoms with Gasteiger partial charge < -0.3 is 15.4 Å². The van der Waals surface area contributed by atoms with E-state index in [1.807, 2.05) is 0 Å². The highest BCUT2D eigenvalue weighted by Gasteiger charge is 2.28. The number of hydrogen-bond donors (Lipinski definition) is 2. The maximum absolute atomic E-state index is 11.9. The first kappa shape index (κ1) is 12.5. The number of carbonyl (C=O) groups is 1. The number of hydrogen-bond acceptors (Lipinski definition) is 4. The van der Waals surface area contributed by atoms with Gasteiger partial charge in [-0.05, 0) is 25.5 Å². The molecule has 94 valence electrons. The largest absolute Gasteiger partial charge is 0.380 e. The standard InChI is InChI=1S/C12H18N2O2S/c1-8-3-4-10(17-8)7-14-12(15)11-5-9(16-2)6-13-11/h3-4,9,11,13H,5-7H2,1-2H3,(H,14,15). The number of aryl methyl sites for hydroxylation is 1. The fourth-order valence-corrected chi connectivity index (χ4v) is 2.79. The number of methoxy groups -OCH3 is 1. The van der Waals surface area contributed by atoms with Gasteiger partial charge in [0.2, 0.25) is 5.91 Å². The zero-order valence-electron chi connectivity index (χ0n) is 10.2. The third-order valence-electron chi connectivity index (χ3n) is 2.97. The minimum absolute atomic E-state index is 0.0654. The second kappa shape index (κ2) is 5.62. The van der Waals surface area contributed by atoms with Crippen LogP contribution in [-0.4, -0.2) is 31.7 Å². The predicted molar refractivity (Wildman–Crippen MR) is 68.1 cm³/mol. The molecule has 2 atom stereocenters. The Labute approximate surface area is 105 Å². The van der Waals surface area contributed by atoms with Crippen molar-refractivity contribution in [3.05, 3.63) is 21.9 Å². The molecule has 0 aliphatic carbocycles. The second-order valence-electron chi connectivity index (χ2n) is 4.28. The van der Waals surface area contributed by atoms with Gasteiger partial charge in [-0.3, -0.25) is 4.79 Å². The minimum atomic E-state index is -0.110. The van der Waals surface area contributed by atoms with E-state index in [4.69, 9.17) is 4.74 Å². The van der Waals surface area contributed by atoms with Crippen molar-refractivity contribution >= 4 is 17.2 Å². The van der Waals surface area contributed by atoms with Crippen LogP contribution in [0.4, 0.5) is 0 Å². The van der Waals surface area contributed by atoms with Gasteiger partial charge in [-0.2, -0.15) is 0 Å². The topological polar surface area (TPSA) is 50.4 Å². The average Bonchev–Trinajstić information content (AvgIpc) is 2.94. The van der Waals surface area contributed by atoms with E-state index < -0.39 is 0 Å². The average molecular weight is 254 g/mol. The van der Waals surface area contributed by atoms with Gasteiger partial charge in [0.1, 0.15) is 0 Å². The third kappa shape index (κ3) is 3.28. The number of carbonyl (C=O) groups excluding carboxylic acids is 1. The summed E-state index contributed by atoms with van der Waals surface area (Å²) in [5.41, 5.74) is 0. The van der Waals surface area contributed by atoms with E-state index in [2.05, 4.69) is 29.7 Å². The van der Waals surface area contributed by atoms with Gasteiger partial charge >= 0.3 is 0 Å². The lowest BCUT2D eigenvalue weighted by atomic mass is 10.2. The van der Waals surface area contributed by atoms with Crippen LogP contribution in [0.3, 0.4) is 0 Å². The molecule has 1 saturated heterocycles. The molecule has 2 N–H and O–H groups in total. The van der Waals surface area contributed by atoms with Crippen molar-refractivity contribution in [3.8, 4) is 0 Å². The zero-order valence-corrected chi connectivity index (χ0v) is 11.0. The number of nitrogens with one attached hydrogen (secondary N) is 2. The summed E-state index contributed by atoms with van der Waals surface area (Å²) in [6, 6.07) is 4.02. The molecule has 4 nitrogen and oxygen atoms in total. The molecule has 1 aliphatic heterocycles. The first-order valence-electron chi connectivity index (χ1n) is 5.78. The monoisotopic (exact) mass is 254 g/mol. The molecule has 0 bridgehead atoms. The molecule has 1 aliphatic rings. The quantitative estimate of drug-likeness (QED) is 0.844. The number of thiophene rings is 1. The fraction of sp³-hybridized carbons (Fsp3) is 0.583. The number of ether oxygens (including phenoxy) is 1. The van der Waals surface area contributed by atoms with Gasteiger partial charge in [-0.25, -0.2) is 0 Å². The summed E-state index contributed by atoms with van der Waals surface area (Å²) in [6.07, 6.45) is 0.918. The van der Waals surface area contributed by atoms with Gasteiger partial charge in [0.05, 0.1) is 18.7 Å². The Morgan fingerprint density at radius 2 is 2.47 bits per heavy atom. The Hall–Kier alpha value is -0.910. The highest BCUT2D eigenvalue weighted by Crippen LogP contribution is 2.15. The van der Waals surface area contributed by atoms with Crippen LogP contribution in [0.2, 0.25) is 0 Å². The Morgan fingerprint density at radius 1 is 1.65 bits per heavy atom. The molecule has 0 saturated carbocycles. The van der Waals surface area contributed by atoms with Crippen molar-refractivity contribution in [3.63, 3.8) is 0 Å². The molecular formula is C12H18N2O2S. The maximum Gasteiger partial charge on any atom is 0.237 e. The van der Waals surface area contributed by atoms with Crippen LogP contribution in [0.5, 0.6) is 0 Å². The van der Waals surface area contributed by atoms with Crippen LogP contribution in [-0.2, 0) is 16.1 Å². The highest BCUT2D eigenvalue weighted by molar-refractivity contribution is 7.11. The highest BCUT2D eigenvalue weighted by atomic mass is 32.1. The van der Waals surface area contributed by atoms with E-state index >= 15 is 0 Å². The van der Waals surface area contributed by atoms with Gasteiger partial charge in [-0.15, -0.1) is 11.3 Å². The maximum atomic E-state index is 11.9. The second-order valence-corrected chi connectivity index (χ2v) is 5.66. The summed E-state index contributed by atoms with van der Waals surface area (Å²) in [7, 11) is 1.68. The Kier molecular flexibility index (Phi) is 4.15. The molecule has 0 spiro atoms. The van der Waals surface area contributed by atoms with Gasteiger partial charge in [0.25, 0.3) is 0 Å². The van der Waals surface area contributed by atoms with Crippen LogP contribution >= 0.6 is 11.3 Å². The van der Waals surface area contributed by atoms with Crippen LogP contribution in [0.1, 0.15) is 16.2 Å². The van der Waals surface area contributed by atoms with E-state index in [9.17, 15) is 4.79 Å². The summed E-state index contributed by atoms with van der Waals surface area (Å²) in [4.78, 5) is 14.3. The van der Waals surface area contributed by atoms with Crippen LogP contribution in [0.25, 0.3) is 0 Å². The van der Waals surface area contributed by atoms with E-state index in [1.165, 1.54) is 9.75 Å². The molecule has 1 aromatic heterocycles. The summed E-state index contributed by atoms with van der Waals surface area (Å²) in [5.74, 6) is 0.0654. The summed E-state index contributed by atoms with van der Waals surface area (Å²) >= 11 is 1.72. The van der Waals surface area contributed by atoms with E-state index in [1.54, 1.807) is 18.4 Å². The first-order chi connectivity index (χ1) is 8.19. The molecule has 0 aromatic carbocycles. The normalized spacial score (nSPS) is 23.9. The van der Waals surface area contributed by atoms with Crippen LogP contribution in [0.15, 0.2) is 12.1 Å². The van der Waals surface area contributed by atoms with Crippen molar-refractivity contribution in [2.24, 2.45) is 0 Å². The fourth-order valence-electron chi connectivity index (χ4n) is 1.96. The number of rotatable bonds is 4. The lowest BCUT2D eigenvalue weighted by molar-refractivity contribution is -0.123. The number of amides is 1. The smallest absolute Gasteiger partial charge is 0.237 e. The Bertz CT molecular complexity index is 392. The van der Waals surface area contributed by atoms with E-state index in [-0.39, 0.29) is 18.1 Å². The molecule has 2 heterocycles. The van der Waals surface area contributed by atoms with E-state index in [0.29, 0.717) is 6.54 Å². The Balaban J connectivity index is 1.78. The molecule has 1 fully saturated rings. The molecule has 0 radical (unpaired) electrons. The molecule has 2 unspecified atom stereocenters. The SMILES string of the molecule is COC1CNC(C(=O)NCc2ccc(C)s2)C1. The van der Waals surface area contributed by atoms with Gasteiger partial charge in [0.15, 0.2) is 0 Å². The minimum Gasteiger partial charge on any atom is -0.380 e. The summed E-state index contributed by atoms with van der Waals surface area (Å²) in [5, 5.41) is 6.12. The van der Waals surface area contributed by atoms with Crippen molar-refractivity contribution in [2.45, 2.75) is 32.0 Å². The van der Waals surface area contributed by atoms with Gasteiger partial charge in [0, 0.05) is 23.4 Å². The van der Waals surface area contributed by atoms with Crippen LogP contribution < -0.4 is 10.6 Å². The van der Waals surface area contributed by atoms with E-state index in [0.717, 1.165) is 13.0 Å². The summed E-state index contributed by atoms with van der Waals surface area (Å²) < 4.78 is 5.22. The zero-order chi connectivity index (χ0) is 12.3.